The summed E-state index contributed by atoms with van der Waals surface area (Å²) >= 11 is 0. The van der Waals surface area contributed by atoms with Crippen molar-refractivity contribution in [3.8, 4) is 0 Å². The molecule has 184 valence electrons. The van der Waals surface area contributed by atoms with Gasteiger partial charge in [-0.3, -0.25) is 14.4 Å². The number of hydrogen-bond acceptors (Lipinski definition) is 6. The maximum atomic E-state index is 11.8. The molecule has 0 aliphatic heterocycles. The van der Waals surface area contributed by atoms with E-state index in [2.05, 4.69) is 11.1 Å². The molecule has 0 aromatic heterocycles. The van der Waals surface area contributed by atoms with Crippen LogP contribution in [0.25, 0.3) is 0 Å². The zero-order valence-electron chi connectivity index (χ0n) is 20.9. The number of aliphatic carboxylic acids is 2. The molecule has 10 heteroatoms. The van der Waals surface area contributed by atoms with Crippen molar-refractivity contribution in [1.29, 1.82) is 0 Å². The Hall–Kier alpha value is -0.640. The van der Waals surface area contributed by atoms with Crippen LogP contribution >= 0.6 is 0 Å². The van der Waals surface area contributed by atoms with Gasteiger partial charge in [-0.25, -0.2) is 0 Å². The van der Waals surface area contributed by atoms with Crippen molar-refractivity contribution < 1.29 is 68.2 Å². The largest absolute Gasteiger partial charge is 1.00 e. The molecule has 0 bridgehead atoms. The maximum absolute atomic E-state index is 11.8. The van der Waals surface area contributed by atoms with E-state index in [1.54, 1.807) is 0 Å². The first-order chi connectivity index (χ1) is 14.7. The number of carboxylic acids is 2. The average molecular weight is 489 g/mol. The van der Waals surface area contributed by atoms with Crippen LogP contribution in [-0.2, 0) is 28.7 Å². The van der Waals surface area contributed by atoms with Gasteiger partial charge in [-0.05, 0) is 6.42 Å². The van der Waals surface area contributed by atoms with Crippen LogP contribution in [0.2, 0.25) is 0 Å². The summed E-state index contributed by atoms with van der Waals surface area (Å²) in [4.78, 5) is 33.2. The fourth-order valence-corrected chi connectivity index (χ4v) is 4.39. The Balaban J connectivity index is -0.00000450. The summed E-state index contributed by atoms with van der Waals surface area (Å²) in [5.74, 6) is -4.51. The predicted octanol–water partition coefficient (Wildman–Crippen LogP) is 2.17. The molecule has 0 saturated carbocycles. The summed E-state index contributed by atoms with van der Waals surface area (Å²) in [5, 5.41) is 15.2. The maximum Gasteiger partial charge on any atom is 1.00 e. The Kier molecular flexibility index (Phi) is 21.9. The van der Waals surface area contributed by atoms with E-state index in [1.807, 2.05) is 0 Å². The smallest absolute Gasteiger partial charge is 1.00 e. The molecule has 0 aromatic rings. The topological polar surface area (TPSA) is 135 Å². The van der Waals surface area contributed by atoms with Gasteiger partial charge in [0.15, 0.2) is 0 Å². The van der Waals surface area contributed by atoms with E-state index < -0.39 is 39.7 Å². The van der Waals surface area contributed by atoms with Crippen molar-refractivity contribution in [2.24, 2.45) is 0 Å². The molecule has 0 aliphatic carbocycles. The zero-order valence-corrected chi connectivity index (χ0v) is 22.7. The molecule has 0 aromatic carbocycles. The Bertz CT molecular complexity index is 628. The quantitative estimate of drug-likeness (QED) is 0.143. The third-order valence-electron chi connectivity index (χ3n) is 5.18. The molecule has 8 nitrogen and oxygen atoms in total. The van der Waals surface area contributed by atoms with E-state index in [4.69, 9.17) is 10.2 Å². The van der Waals surface area contributed by atoms with Gasteiger partial charge in [-0.15, -0.1) is 0 Å². The number of carbonyl (C=O) groups excluding carboxylic acids is 1. The molecular weight excluding hydrogens is 447 g/mol. The van der Waals surface area contributed by atoms with E-state index in [1.165, 1.54) is 64.2 Å². The fourth-order valence-electron chi connectivity index (χ4n) is 3.34. The Labute approximate surface area is 216 Å². The van der Waals surface area contributed by atoms with Gasteiger partial charge in [0.1, 0.15) is 0 Å². The van der Waals surface area contributed by atoms with Gasteiger partial charge in [0.25, 0.3) is 0 Å². The summed E-state index contributed by atoms with van der Waals surface area (Å²) in [7, 11) is -4.82. The van der Waals surface area contributed by atoms with Crippen molar-refractivity contribution in [2.45, 2.75) is 121 Å². The second kappa shape index (κ2) is 20.9. The molecule has 0 aliphatic rings. The summed E-state index contributed by atoms with van der Waals surface area (Å²) in [6.07, 6.45) is 16.1. The number of carbonyl (C=O) groups is 3. The first-order valence-corrected chi connectivity index (χ1v) is 13.1. The molecule has 0 fully saturated rings. The van der Waals surface area contributed by atoms with E-state index in [-0.39, 0.29) is 37.4 Å². The third-order valence-corrected chi connectivity index (χ3v) is 6.66. The molecule has 32 heavy (non-hydrogen) atoms. The van der Waals surface area contributed by atoms with E-state index in [0.29, 0.717) is 6.42 Å². The van der Waals surface area contributed by atoms with Crippen LogP contribution in [0.3, 0.4) is 0 Å². The van der Waals surface area contributed by atoms with Gasteiger partial charge in [0.05, 0.1) is 6.42 Å². The molecule has 2 N–H and O–H groups in total. The number of hydrogen-bond donors (Lipinski definition) is 2. The molecule has 0 amide bonds. The molecule has 0 heterocycles. The van der Waals surface area contributed by atoms with E-state index in [9.17, 15) is 22.8 Å². The molecule has 0 radical (unpaired) electrons. The first kappa shape index (κ1) is 33.5. The van der Waals surface area contributed by atoms with Crippen molar-refractivity contribution in [1.82, 2.24) is 0 Å². The molecular formula is C22H41NaO8S. The number of carboxylic acid groups (broad SMARTS) is 2. The minimum Gasteiger partial charge on any atom is -1.00 e. The third kappa shape index (κ3) is 18.9. The summed E-state index contributed by atoms with van der Waals surface area (Å²) in [5.41, 5.74) is 0. The van der Waals surface area contributed by atoms with Gasteiger partial charge >= 0.3 is 57.6 Å². The predicted molar refractivity (Wildman–Crippen MR) is 119 cm³/mol. The van der Waals surface area contributed by atoms with Crippen molar-refractivity contribution in [3.05, 3.63) is 0 Å². The molecule has 1 atom stereocenters. The molecule has 0 rings (SSSR count). The summed E-state index contributed by atoms with van der Waals surface area (Å²) in [6.45, 7) is 2.23. The zero-order chi connectivity index (χ0) is 23.5. The van der Waals surface area contributed by atoms with Crippen LogP contribution in [0.15, 0.2) is 0 Å². The van der Waals surface area contributed by atoms with Crippen LogP contribution in [-0.4, -0.2) is 41.8 Å². The Morgan fingerprint density at radius 1 is 0.750 bits per heavy atom. The van der Waals surface area contributed by atoms with Gasteiger partial charge < -0.3 is 15.8 Å². The Morgan fingerprint density at radius 2 is 1.12 bits per heavy atom. The minimum absolute atomic E-state index is 0. The average Bonchev–Trinajstić information content (AvgIpc) is 2.68. The molecule has 0 spiro atoms. The second-order valence-electron chi connectivity index (χ2n) is 8.07. The van der Waals surface area contributed by atoms with E-state index in [0.717, 1.165) is 25.7 Å². The van der Waals surface area contributed by atoms with Crippen LogP contribution in [0, 0.1) is 0 Å². The molecule has 1 unspecified atom stereocenters. The van der Waals surface area contributed by atoms with Crippen molar-refractivity contribution in [3.63, 3.8) is 0 Å². The second-order valence-corrected chi connectivity index (χ2v) is 9.79. The van der Waals surface area contributed by atoms with Crippen LogP contribution in [0.4, 0.5) is 0 Å². The minimum atomic E-state index is -4.82. The normalized spacial score (nSPS) is 12.0. The van der Waals surface area contributed by atoms with Gasteiger partial charge in [-0.2, -0.15) is 8.42 Å². The monoisotopic (exact) mass is 488 g/mol. The summed E-state index contributed by atoms with van der Waals surface area (Å²) < 4.78 is 27.9. The fraction of sp³-hybridized carbons (Fsp3) is 0.864. The van der Waals surface area contributed by atoms with E-state index >= 15 is 0 Å². The first-order valence-electron chi connectivity index (χ1n) is 11.6. The van der Waals surface area contributed by atoms with Gasteiger partial charge in [-0.1, -0.05) is 96.8 Å². The summed E-state index contributed by atoms with van der Waals surface area (Å²) in [6, 6.07) is 0. The number of rotatable bonds is 21. The Morgan fingerprint density at radius 3 is 1.47 bits per heavy atom. The SMILES string of the molecule is CCCCCCCCCCCCCCCCCC(=O)OS(=O)(=O)C(CC(=O)O)C(=O)O.[H-].[Na+]. The number of unbranched alkanes of at least 4 members (excludes halogenated alkanes) is 14. The van der Waals surface area contributed by atoms with Crippen LogP contribution < -0.4 is 29.6 Å². The van der Waals surface area contributed by atoms with Gasteiger partial charge in [0.2, 0.25) is 5.25 Å². The molecule has 0 saturated heterocycles. The van der Waals surface area contributed by atoms with Gasteiger partial charge in [0, 0.05) is 6.42 Å². The van der Waals surface area contributed by atoms with Crippen LogP contribution in [0.1, 0.15) is 118 Å². The van der Waals surface area contributed by atoms with Crippen molar-refractivity contribution >= 4 is 28.0 Å². The standard InChI is InChI=1S/C22H40O8S.Na.H/c1-2-3-4-5-6-7-8-9-10-11-12-13-14-15-16-17-21(25)30-31(28,29)19(22(26)27)18-20(23)24;;/h19H,2-18H2,1H3,(H,23,24)(H,26,27);;/q;+1;-1. The van der Waals surface area contributed by atoms with Crippen LogP contribution in [0.5, 0.6) is 0 Å². The van der Waals surface area contributed by atoms with Crippen molar-refractivity contribution in [2.75, 3.05) is 0 Å².